The second-order valence-corrected chi connectivity index (χ2v) is 5.73. The van der Waals surface area contributed by atoms with E-state index in [-0.39, 0.29) is 0 Å². The van der Waals surface area contributed by atoms with Gasteiger partial charge in [-0.25, -0.2) is 0 Å². The lowest BCUT2D eigenvalue weighted by Gasteiger charge is -2.29. The summed E-state index contributed by atoms with van der Waals surface area (Å²) in [7, 11) is 0. The van der Waals surface area contributed by atoms with E-state index in [0.29, 0.717) is 6.04 Å². The van der Waals surface area contributed by atoms with Crippen LogP contribution in [-0.4, -0.2) is 31.1 Å². The van der Waals surface area contributed by atoms with Crippen molar-refractivity contribution >= 4 is 0 Å². The zero-order chi connectivity index (χ0) is 14.4. The molecule has 112 valence electrons. The molecule has 1 aliphatic heterocycles. The maximum Gasteiger partial charge on any atom is 0.124 e. The molecule has 3 nitrogen and oxygen atoms in total. The molecular weight excluding hydrogens is 248 g/mol. The normalized spacial score (nSPS) is 17.4. The van der Waals surface area contributed by atoms with Crippen molar-refractivity contribution in [2.45, 2.75) is 45.6 Å². The van der Waals surface area contributed by atoms with Crippen LogP contribution in [0, 0.1) is 6.92 Å². The van der Waals surface area contributed by atoms with E-state index in [1.165, 1.54) is 37.1 Å². The molecule has 1 heterocycles. The summed E-state index contributed by atoms with van der Waals surface area (Å²) in [5, 5.41) is 0. The van der Waals surface area contributed by atoms with Crippen molar-refractivity contribution in [3.8, 4) is 5.75 Å². The molecule has 3 heteroatoms. The molecule has 0 aliphatic carbocycles. The summed E-state index contributed by atoms with van der Waals surface area (Å²) in [5.74, 6) is 1.04. The largest absolute Gasteiger partial charge is 0.493 e. The molecule has 1 aliphatic rings. The molecule has 1 aromatic carbocycles. The molecule has 2 N–H and O–H groups in total. The smallest absolute Gasteiger partial charge is 0.124 e. The fraction of sp³-hybridized carbons (Fsp3) is 0.647. The molecule has 1 aromatic rings. The van der Waals surface area contributed by atoms with Crippen LogP contribution in [0.2, 0.25) is 0 Å². The highest BCUT2D eigenvalue weighted by atomic mass is 16.5. The fourth-order valence-electron chi connectivity index (χ4n) is 3.02. The molecule has 1 atom stereocenters. The number of benzene rings is 1. The van der Waals surface area contributed by atoms with Crippen LogP contribution in [0.3, 0.4) is 0 Å². The summed E-state index contributed by atoms with van der Waals surface area (Å²) >= 11 is 0. The summed E-state index contributed by atoms with van der Waals surface area (Å²) in [5.41, 5.74) is 8.48. The lowest BCUT2D eigenvalue weighted by Crippen LogP contribution is -2.28. The summed E-state index contributed by atoms with van der Waals surface area (Å²) in [6.07, 6.45) is 4.65. The standard InChI is InChI=1S/C17H28N2O/c1-3-12-20-17-7-6-14(2)13-15(17)16(8-9-18)19-10-4-5-11-19/h6-7,13,16H,3-5,8-12,18H2,1-2H3. The van der Waals surface area contributed by atoms with E-state index >= 15 is 0 Å². The predicted molar refractivity (Wildman–Crippen MR) is 84.2 cm³/mol. The van der Waals surface area contributed by atoms with Crippen LogP contribution in [0.15, 0.2) is 18.2 Å². The summed E-state index contributed by atoms with van der Waals surface area (Å²) in [4.78, 5) is 2.57. The average molecular weight is 276 g/mol. The van der Waals surface area contributed by atoms with Gasteiger partial charge in [-0.2, -0.15) is 0 Å². The van der Waals surface area contributed by atoms with Crippen molar-refractivity contribution in [1.82, 2.24) is 4.90 Å². The van der Waals surface area contributed by atoms with Gasteiger partial charge in [-0.3, -0.25) is 4.90 Å². The SMILES string of the molecule is CCCOc1ccc(C)cc1C(CCN)N1CCCC1. The Kier molecular flexibility index (Phi) is 5.86. The third kappa shape index (κ3) is 3.74. The van der Waals surface area contributed by atoms with Crippen LogP contribution in [0.4, 0.5) is 0 Å². The number of ether oxygens (including phenoxy) is 1. The Hall–Kier alpha value is -1.06. The Morgan fingerprint density at radius 1 is 1.30 bits per heavy atom. The minimum Gasteiger partial charge on any atom is -0.493 e. The quantitative estimate of drug-likeness (QED) is 0.830. The van der Waals surface area contributed by atoms with Crippen LogP contribution < -0.4 is 10.5 Å². The minimum absolute atomic E-state index is 0.411. The zero-order valence-electron chi connectivity index (χ0n) is 12.9. The molecule has 0 aromatic heterocycles. The first-order valence-corrected chi connectivity index (χ1v) is 7.93. The predicted octanol–water partition coefficient (Wildman–Crippen LogP) is 3.27. The Bertz CT molecular complexity index is 413. The molecule has 0 bridgehead atoms. The minimum atomic E-state index is 0.411. The van der Waals surface area contributed by atoms with Crippen molar-refractivity contribution < 1.29 is 4.74 Å². The molecule has 0 radical (unpaired) electrons. The first-order chi connectivity index (χ1) is 9.76. The Balaban J connectivity index is 2.26. The first kappa shape index (κ1) is 15.3. The first-order valence-electron chi connectivity index (χ1n) is 7.93. The van der Waals surface area contributed by atoms with E-state index in [1.54, 1.807) is 0 Å². The van der Waals surface area contributed by atoms with Crippen molar-refractivity contribution in [2.75, 3.05) is 26.2 Å². The highest BCUT2D eigenvalue weighted by molar-refractivity contribution is 5.39. The van der Waals surface area contributed by atoms with E-state index < -0.39 is 0 Å². The van der Waals surface area contributed by atoms with Gasteiger partial charge in [-0.1, -0.05) is 24.6 Å². The van der Waals surface area contributed by atoms with Crippen molar-refractivity contribution in [3.63, 3.8) is 0 Å². The van der Waals surface area contributed by atoms with Crippen LogP contribution in [-0.2, 0) is 0 Å². The van der Waals surface area contributed by atoms with Crippen molar-refractivity contribution in [2.24, 2.45) is 5.73 Å². The maximum atomic E-state index is 5.96. The van der Waals surface area contributed by atoms with Crippen molar-refractivity contribution in [1.29, 1.82) is 0 Å². The van der Waals surface area contributed by atoms with Gasteiger partial charge in [-0.15, -0.1) is 0 Å². The second-order valence-electron chi connectivity index (χ2n) is 5.73. The summed E-state index contributed by atoms with van der Waals surface area (Å²) in [6, 6.07) is 6.95. The van der Waals surface area contributed by atoms with E-state index in [9.17, 15) is 0 Å². The van der Waals surface area contributed by atoms with Crippen LogP contribution in [0.5, 0.6) is 5.75 Å². The van der Waals surface area contributed by atoms with E-state index in [2.05, 4.69) is 36.9 Å². The molecule has 1 unspecified atom stereocenters. The number of hydrogen-bond donors (Lipinski definition) is 1. The van der Waals surface area contributed by atoms with E-state index in [1.807, 2.05) is 0 Å². The number of likely N-dealkylation sites (tertiary alicyclic amines) is 1. The average Bonchev–Trinajstić information content (AvgIpc) is 2.97. The van der Waals surface area contributed by atoms with Gasteiger partial charge in [0.05, 0.1) is 6.61 Å². The number of aryl methyl sites for hydroxylation is 1. The lowest BCUT2D eigenvalue weighted by molar-refractivity contribution is 0.225. The molecule has 20 heavy (non-hydrogen) atoms. The molecule has 0 spiro atoms. The molecule has 2 rings (SSSR count). The summed E-state index contributed by atoms with van der Waals surface area (Å²) in [6.45, 7) is 8.17. The Labute approximate surface area is 123 Å². The molecule has 0 amide bonds. The van der Waals surface area contributed by atoms with Gasteiger partial charge in [0.15, 0.2) is 0 Å². The van der Waals surface area contributed by atoms with Gasteiger partial charge in [0.25, 0.3) is 0 Å². The molecule has 1 fully saturated rings. The van der Waals surface area contributed by atoms with Gasteiger partial charge >= 0.3 is 0 Å². The van der Waals surface area contributed by atoms with E-state index in [4.69, 9.17) is 10.5 Å². The molecular formula is C17H28N2O. The third-order valence-electron chi connectivity index (χ3n) is 4.01. The highest BCUT2D eigenvalue weighted by Crippen LogP contribution is 2.34. The third-order valence-corrected chi connectivity index (χ3v) is 4.01. The van der Waals surface area contributed by atoms with Crippen LogP contribution in [0.1, 0.15) is 49.8 Å². The Morgan fingerprint density at radius 3 is 2.70 bits per heavy atom. The second kappa shape index (κ2) is 7.65. The number of rotatable bonds is 7. The van der Waals surface area contributed by atoms with Crippen LogP contribution >= 0.6 is 0 Å². The van der Waals surface area contributed by atoms with Crippen LogP contribution in [0.25, 0.3) is 0 Å². The molecule has 0 saturated carbocycles. The maximum absolute atomic E-state index is 5.96. The van der Waals surface area contributed by atoms with Gasteiger partial charge < -0.3 is 10.5 Å². The topological polar surface area (TPSA) is 38.5 Å². The van der Waals surface area contributed by atoms with E-state index in [0.717, 1.165) is 31.7 Å². The number of nitrogens with two attached hydrogens (primary N) is 1. The highest BCUT2D eigenvalue weighted by Gasteiger charge is 2.25. The lowest BCUT2D eigenvalue weighted by atomic mass is 9.99. The number of hydrogen-bond acceptors (Lipinski definition) is 3. The Morgan fingerprint density at radius 2 is 2.05 bits per heavy atom. The van der Waals surface area contributed by atoms with Crippen molar-refractivity contribution in [3.05, 3.63) is 29.3 Å². The van der Waals surface area contributed by atoms with Gasteiger partial charge in [0.1, 0.15) is 5.75 Å². The summed E-state index contributed by atoms with van der Waals surface area (Å²) < 4.78 is 5.96. The number of nitrogens with zero attached hydrogens (tertiary/aromatic N) is 1. The zero-order valence-corrected chi connectivity index (χ0v) is 12.9. The van der Waals surface area contributed by atoms with Gasteiger partial charge in [-0.05, 0) is 58.3 Å². The molecule has 1 saturated heterocycles. The van der Waals surface area contributed by atoms with Gasteiger partial charge in [0.2, 0.25) is 0 Å². The monoisotopic (exact) mass is 276 g/mol. The van der Waals surface area contributed by atoms with Gasteiger partial charge in [0, 0.05) is 11.6 Å². The fourth-order valence-corrected chi connectivity index (χ4v) is 3.02.